The summed E-state index contributed by atoms with van der Waals surface area (Å²) in [7, 11) is 0. The Morgan fingerprint density at radius 2 is 1.61 bits per heavy atom. The molecule has 2 aromatic rings. The van der Waals surface area contributed by atoms with Crippen molar-refractivity contribution in [3.05, 3.63) is 34.1 Å². The van der Waals surface area contributed by atoms with Crippen molar-refractivity contribution in [1.29, 1.82) is 0 Å². The SMILES string of the molecule is CC1CC(C)CN(C(=O)CN2CCN(C(=O)Cn3c(-c4ccc(Cl)cc4)n[nH]c3=S)CC2)C1. The summed E-state index contributed by atoms with van der Waals surface area (Å²) in [5.74, 6) is 1.91. The second-order valence-corrected chi connectivity index (χ2v) is 10.2. The number of aromatic amines is 1. The van der Waals surface area contributed by atoms with Gasteiger partial charge in [-0.25, -0.2) is 0 Å². The van der Waals surface area contributed by atoms with Crippen LogP contribution in [-0.2, 0) is 16.1 Å². The van der Waals surface area contributed by atoms with Crippen LogP contribution in [0.3, 0.4) is 0 Å². The van der Waals surface area contributed by atoms with Gasteiger partial charge in [-0.15, -0.1) is 0 Å². The molecule has 2 fully saturated rings. The molecule has 2 unspecified atom stereocenters. The van der Waals surface area contributed by atoms with Crippen LogP contribution in [0.15, 0.2) is 24.3 Å². The highest BCUT2D eigenvalue weighted by atomic mass is 35.5. The van der Waals surface area contributed by atoms with Gasteiger partial charge >= 0.3 is 0 Å². The Hall–Kier alpha value is -2.23. The van der Waals surface area contributed by atoms with E-state index in [-0.39, 0.29) is 18.4 Å². The van der Waals surface area contributed by atoms with Crippen LogP contribution < -0.4 is 0 Å². The number of carbonyl (C=O) groups excluding carboxylic acids is 2. The molecule has 178 valence electrons. The lowest BCUT2D eigenvalue weighted by molar-refractivity contribution is -0.137. The number of hydrogen-bond donors (Lipinski definition) is 1. The van der Waals surface area contributed by atoms with Crippen molar-refractivity contribution >= 4 is 35.6 Å². The molecule has 0 spiro atoms. The van der Waals surface area contributed by atoms with E-state index < -0.39 is 0 Å². The molecule has 0 radical (unpaired) electrons. The normalized spacial score (nSPS) is 21.9. The van der Waals surface area contributed by atoms with Gasteiger partial charge in [-0.1, -0.05) is 25.4 Å². The van der Waals surface area contributed by atoms with E-state index in [9.17, 15) is 9.59 Å². The Kier molecular flexibility index (Phi) is 7.51. The number of amides is 2. The highest BCUT2D eigenvalue weighted by molar-refractivity contribution is 7.71. The third-order valence-corrected chi connectivity index (χ3v) is 7.02. The number of H-pyrrole nitrogens is 1. The number of likely N-dealkylation sites (tertiary alicyclic amines) is 1. The minimum atomic E-state index is -0.00706. The maximum absolute atomic E-state index is 13.0. The molecule has 1 aromatic heterocycles. The van der Waals surface area contributed by atoms with E-state index in [4.69, 9.17) is 23.8 Å². The molecule has 4 rings (SSSR count). The Morgan fingerprint density at radius 1 is 1.00 bits per heavy atom. The molecule has 2 saturated heterocycles. The summed E-state index contributed by atoms with van der Waals surface area (Å²) in [6.07, 6.45) is 1.19. The molecule has 3 heterocycles. The van der Waals surface area contributed by atoms with Gasteiger partial charge in [0.25, 0.3) is 0 Å². The summed E-state index contributed by atoms with van der Waals surface area (Å²) in [6, 6.07) is 7.28. The standard InChI is InChI=1S/C23H31ClN6O2S/c1-16-11-17(2)13-29(12-16)20(31)14-27-7-9-28(10-8-27)21(32)15-30-22(25-26-23(30)33)18-3-5-19(24)6-4-18/h3-6,16-17H,7-15H2,1-2H3,(H,26,33). The summed E-state index contributed by atoms with van der Waals surface area (Å²) in [6.45, 7) is 9.25. The molecule has 2 aliphatic heterocycles. The fraction of sp³-hybridized carbons (Fsp3) is 0.565. The van der Waals surface area contributed by atoms with Crippen LogP contribution in [0, 0.1) is 16.6 Å². The fourth-order valence-corrected chi connectivity index (χ4v) is 5.15. The van der Waals surface area contributed by atoms with Gasteiger partial charge in [-0.2, -0.15) is 5.10 Å². The summed E-state index contributed by atoms with van der Waals surface area (Å²) in [5.41, 5.74) is 0.837. The number of carbonyl (C=O) groups is 2. The van der Waals surface area contributed by atoms with Gasteiger partial charge < -0.3 is 9.80 Å². The monoisotopic (exact) mass is 490 g/mol. The quantitative estimate of drug-likeness (QED) is 0.652. The lowest BCUT2D eigenvalue weighted by atomic mass is 9.92. The molecule has 10 heteroatoms. The summed E-state index contributed by atoms with van der Waals surface area (Å²) in [5, 5.41) is 7.72. The van der Waals surface area contributed by atoms with Gasteiger partial charge in [0.05, 0.1) is 6.54 Å². The lowest BCUT2D eigenvalue weighted by Crippen LogP contribution is -2.53. The van der Waals surface area contributed by atoms with Crippen LogP contribution in [0.5, 0.6) is 0 Å². The number of benzene rings is 1. The van der Waals surface area contributed by atoms with Gasteiger partial charge in [0, 0.05) is 49.9 Å². The zero-order chi connectivity index (χ0) is 23.5. The molecule has 2 atom stereocenters. The van der Waals surface area contributed by atoms with Gasteiger partial charge in [0.1, 0.15) is 6.54 Å². The number of aromatic nitrogens is 3. The number of nitrogens with one attached hydrogen (secondary N) is 1. The molecule has 2 amide bonds. The van der Waals surface area contributed by atoms with E-state index in [1.54, 1.807) is 16.7 Å². The first kappa shape index (κ1) is 23.9. The molecule has 8 nitrogen and oxygen atoms in total. The van der Waals surface area contributed by atoms with Crippen molar-refractivity contribution in [2.24, 2.45) is 11.8 Å². The van der Waals surface area contributed by atoms with Gasteiger partial charge in [0.2, 0.25) is 11.8 Å². The molecule has 0 aliphatic carbocycles. The van der Waals surface area contributed by atoms with Crippen LogP contribution in [0.25, 0.3) is 11.4 Å². The van der Waals surface area contributed by atoms with Crippen LogP contribution in [0.2, 0.25) is 5.02 Å². The van der Waals surface area contributed by atoms with Gasteiger partial charge in [0.15, 0.2) is 10.6 Å². The van der Waals surface area contributed by atoms with Crippen molar-refractivity contribution in [1.82, 2.24) is 29.5 Å². The van der Waals surface area contributed by atoms with E-state index >= 15 is 0 Å². The number of hydrogen-bond acceptors (Lipinski definition) is 5. The molecular formula is C23H31ClN6O2S. The highest BCUT2D eigenvalue weighted by Gasteiger charge is 2.28. The first-order valence-corrected chi connectivity index (χ1v) is 12.3. The number of nitrogens with zero attached hydrogens (tertiary/aromatic N) is 5. The van der Waals surface area contributed by atoms with Crippen LogP contribution in [0.4, 0.5) is 0 Å². The van der Waals surface area contributed by atoms with Crippen molar-refractivity contribution in [3.63, 3.8) is 0 Å². The van der Waals surface area contributed by atoms with E-state index in [0.717, 1.165) is 18.7 Å². The minimum Gasteiger partial charge on any atom is -0.341 e. The van der Waals surface area contributed by atoms with Gasteiger partial charge in [-0.05, 0) is 54.7 Å². The topological polar surface area (TPSA) is 77.5 Å². The minimum absolute atomic E-state index is 0.00706. The number of piperidine rings is 1. The summed E-state index contributed by atoms with van der Waals surface area (Å²) in [4.78, 5) is 31.8. The summed E-state index contributed by atoms with van der Waals surface area (Å²) >= 11 is 11.3. The molecule has 1 N–H and O–H groups in total. The van der Waals surface area contributed by atoms with Gasteiger partial charge in [-0.3, -0.25) is 24.2 Å². The highest BCUT2D eigenvalue weighted by Crippen LogP contribution is 2.22. The van der Waals surface area contributed by atoms with Crippen molar-refractivity contribution < 1.29 is 9.59 Å². The predicted octanol–water partition coefficient (Wildman–Crippen LogP) is 2.91. The largest absolute Gasteiger partial charge is 0.341 e. The second-order valence-electron chi connectivity index (χ2n) is 9.35. The lowest BCUT2D eigenvalue weighted by Gasteiger charge is -2.38. The molecule has 2 aliphatic rings. The van der Waals surface area contributed by atoms with E-state index in [1.807, 2.05) is 21.9 Å². The van der Waals surface area contributed by atoms with Crippen LogP contribution in [-0.4, -0.2) is 87.1 Å². The first-order chi connectivity index (χ1) is 15.8. The number of halogens is 1. The maximum atomic E-state index is 13.0. The smallest absolute Gasteiger partial charge is 0.242 e. The molecule has 1 aromatic carbocycles. The van der Waals surface area contributed by atoms with Crippen LogP contribution in [0.1, 0.15) is 20.3 Å². The van der Waals surface area contributed by atoms with E-state index in [0.29, 0.717) is 60.2 Å². The summed E-state index contributed by atoms with van der Waals surface area (Å²) < 4.78 is 2.12. The molecule has 0 bridgehead atoms. The third kappa shape index (κ3) is 5.83. The maximum Gasteiger partial charge on any atom is 0.242 e. The van der Waals surface area contributed by atoms with Crippen molar-refractivity contribution in [2.45, 2.75) is 26.8 Å². The molecule has 0 saturated carbocycles. The Balaban J connectivity index is 1.31. The Labute approximate surface area is 204 Å². The second kappa shape index (κ2) is 10.4. The number of piperazine rings is 1. The average molecular weight is 491 g/mol. The van der Waals surface area contributed by atoms with Crippen molar-refractivity contribution in [3.8, 4) is 11.4 Å². The van der Waals surface area contributed by atoms with E-state index in [2.05, 4.69) is 28.9 Å². The first-order valence-electron chi connectivity index (χ1n) is 11.5. The predicted molar refractivity (Wildman–Crippen MR) is 130 cm³/mol. The fourth-order valence-electron chi connectivity index (χ4n) is 4.83. The Bertz CT molecular complexity index is 1030. The molecular weight excluding hydrogens is 460 g/mol. The average Bonchev–Trinajstić information content (AvgIpc) is 3.14. The Morgan fingerprint density at radius 3 is 2.24 bits per heavy atom. The number of rotatable bonds is 5. The van der Waals surface area contributed by atoms with E-state index in [1.165, 1.54) is 6.42 Å². The zero-order valence-electron chi connectivity index (χ0n) is 19.2. The third-order valence-electron chi connectivity index (χ3n) is 6.46. The molecule has 33 heavy (non-hydrogen) atoms. The van der Waals surface area contributed by atoms with Crippen molar-refractivity contribution in [2.75, 3.05) is 45.8 Å². The zero-order valence-corrected chi connectivity index (χ0v) is 20.7. The van der Waals surface area contributed by atoms with Crippen LogP contribution >= 0.6 is 23.8 Å².